The summed E-state index contributed by atoms with van der Waals surface area (Å²) in [5.41, 5.74) is -1.16. The lowest BCUT2D eigenvalue weighted by molar-refractivity contribution is -0.143. The second-order valence-corrected chi connectivity index (χ2v) is 5.37. The zero-order valence-electron chi connectivity index (χ0n) is 10.9. The predicted molar refractivity (Wildman–Crippen MR) is 62.6 cm³/mol. The highest BCUT2D eigenvalue weighted by Gasteiger charge is 2.31. The fourth-order valence-corrected chi connectivity index (χ4v) is 1.37. The van der Waals surface area contributed by atoms with E-state index in [0.29, 0.717) is 13.1 Å². The Labute approximate surface area is 93.5 Å². The Morgan fingerprint density at radius 1 is 1.20 bits per heavy atom. The molecule has 0 unspecified atom stereocenters. The molecule has 0 aromatic rings. The molecule has 0 aromatic heterocycles. The Bertz CT molecular complexity index is 216. The summed E-state index contributed by atoms with van der Waals surface area (Å²) in [5.74, 6) is 0.120. The lowest BCUT2D eigenvalue weighted by Crippen LogP contribution is -2.47. The smallest absolute Gasteiger partial charge is 0.228 e. The highest BCUT2D eigenvalue weighted by molar-refractivity contribution is 5.81. The Morgan fingerprint density at radius 2 is 1.67 bits per heavy atom. The molecule has 0 atom stereocenters. The van der Waals surface area contributed by atoms with Crippen molar-refractivity contribution < 1.29 is 9.90 Å². The van der Waals surface area contributed by atoms with Crippen LogP contribution in [0, 0.1) is 5.41 Å². The van der Waals surface area contributed by atoms with E-state index in [1.165, 1.54) is 0 Å². The summed E-state index contributed by atoms with van der Waals surface area (Å²) in [6, 6.07) is 0. The minimum Gasteiger partial charge on any atom is -0.389 e. The molecule has 3 heteroatoms. The SMILES string of the molecule is CCN(CC(C)(C)O)C(=O)C(C)(C)CC. The number of likely N-dealkylation sites (N-methyl/N-ethyl adjacent to an activating group) is 1. The van der Waals surface area contributed by atoms with E-state index in [9.17, 15) is 9.90 Å². The van der Waals surface area contributed by atoms with Gasteiger partial charge in [0.25, 0.3) is 0 Å². The third kappa shape index (κ3) is 4.65. The largest absolute Gasteiger partial charge is 0.389 e. The highest BCUT2D eigenvalue weighted by atomic mass is 16.3. The van der Waals surface area contributed by atoms with Crippen LogP contribution in [-0.2, 0) is 4.79 Å². The van der Waals surface area contributed by atoms with Crippen molar-refractivity contribution in [1.82, 2.24) is 4.90 Å². The Balaban J connectivity index is 4.63. The maximum absolute atomic E-state index is 12.1. The lowest BCUT2D eigenvalue weighted by atomic mass is 9.88. The number of carbonyl (C=O) groups excluding carboxylic acids is 1. The molecule has 0 bridgehead atoms. The van der Waals surface area contributed by atoms with E-state index >= 15 is 0 Å². The summed E-state index contributed by atoms with van der Waals surface area (Å²) in [6.45, 7) is 12.3. The molecular weight excluding hydrogens is 190 g/mol. The third-order valence-electron chi connectivity index (χ3n) is 2.71. The average molecular weight is 215 g/mol. The molecule has 0 saturated heterocycles. The van der Waals surface area contributed by atoms with E-state index < -0.39 is 5.60 Å². The molecule has 15 heavy (non-hydrogen) atoms. The lowest BCUT2D eigenvalue weighted by Gasteiger charge is -2.34. The molecule has 0 aromatic carbocycles. The maximum Gasteiger partial charge on any atom is 0.228 e. The summed E-state index contributed by atoms with van der Waals surface area (Å²) in [5, 5.41) is 9.71. The molecule has 1 N–H and O–H groups in total. The molecule has 0 rings (SSSR count). The number of hydrogen-bond donors (Lipinski definition) is 1. The van der Waals surface area contributed by atoms with E-state index in [-0.39, 0.29) is 11.3 Å². The van der Waals surface area contributed by atoms with Crippen LogP contribution in [0.2, 0.25) is 0 Å². The maximum atomic E-state index is 12.1. The standard InChI is InChI=1S/C12H25NO2/c1-7-11(3,4)10(14)13(8-2)9-12(5,6)15/h15H,7-9H2,1-6H3. The normalized spacial score (nSPS) is 12.7. The van der Waals surface area contributed by atoms with Gasteiger partial charge in [0, 0.05) is 18.5 Å². The van der Waals surface area contributed by atoms with Gasteiger partial charge in [-0.05, 0) is 27.2 Å². The van der Waals surface area contributed by atoms with Gasteiger partial charge in [-0.1, -0.05) is 20.8 Å². The molecule has 0 fully saturated rings. The Kier molecular flexibility index (Phi) is 4.78. The topological polar surface area (TPSA) is 40.5 Å². The monoisotopic (exact) mass is 215 g/mol. The predicted octanol–water partition coefficient (Wildman–Crippen LogP) is 2.04. The molecule has 0 aliphatic rings. The first-order valence-corrected chi connectivity index (χ1v) is 5.66. The van der Waals surface area contributed by atoms with Gasteiger partial charge in [-0.2, -0.15) is 0 Å². The molecule has 90 valence electrons. The number of amides is 1. The molecule has 0 radical (unpaired) electrons. The van der Waals surface area contributed by atoms with Gasteiger partial charge in [-0.25, -0.2) is 0 Å². The van der Waals surface area contributed by atoms with Gasteiger partial charge in [0.1, 0.15) is 0 Å². The van der Waals surface area contributed by atoms with Crippen LogP contribution in [-0.4, -0.2) is 34.6 Å². The van der Waals surface area contributed by atoms with Crippen LogP contribution in [0.25, 0.3) is 0 Å². The van der Waals surface area contributed by atoms with Crippen LogP contribution in [0.3, 0.4) is 0 Å². The van der Waals surface area contributed by atoms with Gasteiger partial charge in [0.2, 0.25) is 5.91 Å². The van der Waals surface area contributed by atoms with Crippen molar-refractivity contribution in [2.75, 3.05) is 13.1 Å². The van der Waals surface area contributed by atoms with Crippen LogP contribution in [0.5, 0.6) is 0 Å². The van der Waals surface area contributed by atoms with Gasteiger partial charge < -0.3 is 10.0 Å². The van der Waals surface area contributed by atoms with E-state index in [1.54, 1.807) is 18.7 Å². The molecule has 1 amide bonds. The number of carbonyl (C=O) groups is 1. The zero-order chi connectivity index (χ0) is 12.3. The van der Waals surface area contributed by atoms with Crippen molar-refractivity contribution in [3.63, 3.8) is 0 Å². The first-order chi connectivity index (χ1) is 6.64. The molecule has 0 spiro atoms. The molecule has 3 nitrogen and oxygen atoms in total. The van der Waals surface area contributed by atoms with Gasteiger partial charge in [-0.15, -0.1) is 0 Å². The fraction of sp³-hybridized carbons (Fsp3) is 0.917. The van der Waals surface area contributed by atoms with Crippen molar-refractivity contribution in [1.29, 1.82) is 0 Å². The highest BCUT2D eigenvalue weighted by Crippen LogP contribution is 2.23. The first kappa shape index (κ1) is 14.4. The number of hydrogen-bond acceptors (Lipinski definition) is 2. The van der Waals surface area contributed by atoms with Crippen LogP contribution < -0.4 is 0 Å². The van der Waals surface area contributed by atoms with E-state index in [4.69, 9.17) is 0 Å². The Hall–Kier alpha value is -0.570. The van der Waals surface area contributed by atoms with E-state index in [1.807, 2.05) is 27.7 Å². The summed E-state index contributed by atoms with van der Waals surface area (Å²) in [6.07, 6.45) is 0.814. The van der Waals surface area contributed by atoms with Gasteiger partial charge >= 0.3 is 0 Å². The molecule has 0 aliphatic heterocycles. The molecule has 0 aliphatic carbocycles. The summed E-state index contributed by atoms with van der Waals surface area (Å²) < 4.78 is 0. The van der Waals surface area contributed by atoms with Crippen molar-refractivity contribution in [3.05, 3.63) is 0 Å². The third-order valence-corrected chi connectivity index (χ3v) is 2.71. The Morgan fingerprint density at radius 3 is 1.93 bits per heavy atom. The fourth-order valence-electron chi connectivity index (χ4n) is 1.37. The molecule has 0 heterocycles. The number of rotatable bonds is 5. The van der Waals surface area contributed by atoms with Gasteiger partial charge in [0.15, 0.2) is 0 Å². The van der Waals surface area contributed by atoms with E-state index in [0.717, 1.165) is 6.42 Å². The summed E-state index contributed by atoms with van der Waals surface area (Å²) in [4.78, 5) is 13.8. The first-order valence-electron chi connectivity index (χ1n) is 5.66. The summed E-state index contributed by atoms with van der Waals surface area (Å²) in [7, 11) is 0. The van der Waals surface area contributed by atoms with Crippen LogP contribution in [0.1, 0.15) is 48.0 Å². The van der Waals surface area contributed by atoms with E-state index in [2.05, 4.69) is 0 Å². The average Bonchev–Trinajstić information content (AvgIpc) is 2.11. The van der Waals surface area contributed by atoms with Crippen LogP contribution >= 0.6 is 0 Å². The minimum atomic E-state index is -0.824. The van der Waals surface area contributed by atoms with Crippen molar-refractivity contribution in [2.24, 2.45) is 5.41 Å². The second-order valence-electron chi connectivity index (χ2n) is 5.37. The summed E-state index contributed by atoms with van der Waals surface area (Å²) >= 11 is 0. The van der Waals surface area contributed by atoms with Crippen LogP contribution in [0.4, 0.5) is 0 Å². The van der Waals surface area contributed by atoms with Gasteiger partial charge in [-0.3, -0.25) is 4.79 Å². The van der Waals surface area contributed by atoms with Gasteiger partial charge in [0.05, 0.1) is 5.60 Å². The molecule has 0 saturated carbocycles. The minimum absolute atomic E-state index is 0.120. The molecular formula is C12H25NO2. The van der Waals surface area contributed by atoms with Crippen molar-refractivity contribution in [2.45, 2.75) is 53.6 Å². The van der Waals surface area contributed by atoms with Crippen LogP contribution in [0.15, 0.2) is 0 Å². The second kappa shape index (κ2) is 4.97. The van der Waals surface area contributed by atoms with Crippen molar-refractivity contribution >= 4 is 5.91 Å². The number of aliphatic hydroxyl groups is 1. The zero-order valence-corrected chi connectivity index (χ0v) is 10.9. The number of nitrogens with zero attached hydrogens (tertiary/aromatic N) is 1. The van der Waals surface area contributed by atoms with Crippen molar-refractivity contribution in [3.8, 4) is 0 Å². The quantitative estimate of drug-likeness (QED) is 0.762.